The number of hydrogen-bond donors (Lipinski definition) is 1. The number of fused-ring (bicyclic) bond motifs is 3. The standard InChI is InChI=1S/C17H15N3O2S3/c1-9-18-16(14-10-4-2-5-11(10)25-17(14)19-9)24-8-13(21)20-15(22)12-6-3-7-23-12/h3,6-7H,2,4-5,8H2,1H3,(H,20,21,22). The lowest BCUT2D eigenvalue weighted by Crippen LogP contribution is -2.31. The fourth-order valence-corrected chi connectivity index (χ4v) is 5.83. The summed E-state index contributed by atoms with van der Waals surface area (Å²) in [6, 6.07) is 3.49. The van der Waals surface area contributed by atoms with Gasteiger partial charge in [0.25, 0.3) is 5.91 Å². The van der Waals surface area contributed by atoms with Gasteiger partial charge in [-0.15, -0.1) is 22.7 Å². The van der Waals surface area contributed by atoms with E-state index in [1.54, 1.807) is 23.5 Å². The van der Waals surface area contributed by atoms with Crippen LogP contribution in [-0.2, 0) is 17.6 Å². The first-order valence-corrected chi connectivity index (χ1v) is 10.6. The molecule has 0 radical (unpaired) electrons. The molecule has 8 heteroatoms. The van der Waals surface area contributed by atoms with Gasteiger partial charge in [0.2, 0.25) is 5.91 Å². The molecule has 3 aromatic rings. The van der Waals surface area contributed by atoms with Gasteiger partial charge in [0.1, 0.15) is 15.7 Å². The molecule has 0 saturated heterocycles. The number of aryl methyl sites for hydroxylation is 3. The lowest BCUT2D eigenvalue weighted by molar-refractivity contribution is -0.117. The van der Waals surface area contributed by atoms with Gasteiger partial charge in [-0.25, -0.2) is 9.97 Å². The maximum Gasteiger partial charge on any atom is 0.267 e. The van der Waals surface area contributed by atoms with Crippen LogP contribution >= 0.6 is 34.4 Å². The molecule has 0 fully saturated rings. The average molecular weight is 390 g/mol. The molecule has 25 heavy (non-hydrogen) atoms. The van der Waals surface area contributed by atoms with E-state index in [4.69, 9.17) is 0 Å². The highest BCUT2D eigenvalue weighted by atomic mass is 32.2. The molecule has 0 saturated carbocycles. The zero-order valence-corrected chi connectivity index (χ0v) is 15.9. The van der Waals surface area contributed by atoms with Gasteiger partial charge in [0.15, 0.2) is 0 Å². The molecule has 1 aliphatic carbocycles. The average Bonchev–Trinajstić information content (AvgIpc) is 3.28. The number of nitrogens with zero attached hydrogens (tertiary/aromatic N) is 2. The number of thioether (sulfide) groups is 1. The minimum Gasteiger partial charge on any atom is -0.291 e. The molecule has 0 aromatic carbocycles. The highest BCUT2D eigenvalue weighted by molar-refractivity contribution is 8.00. The van der Waals surface area contributed by atoms with Crippen LogP contribution in [0.25, 0.3) is 10.2 Å². The molecule has 5 nitrogen and oxygen atoms in total. The van der Waals surface area contributed by atoms with E-state index < -0.39 is 0 Å². The molecule has 3 aromatic heterocycles. The molecule has 2 amide bonds. The molecule has 1 aliphatic rings. The molecule has 0 unspecified atom stereocenters. The van der Waals surface area contributed by atoms with E-state index in [1.165, 1.54) is 40.0 Å². The number of carbonyl (C=O) groups excluding carboxylic acids is 2. The largest absolute Gasteiger partial charge is 0.291 e. The molecule has 0 spiro atoms. The molecule has 4 rings (SSSR count). The Bertz CT molecular complexity index is 963. The second-order valence-electron chi connectivity index (χ2n) is 5.76. The van der Waals surface area contributed by atoms with Crippen LogP contribution in [0.15, 0.2) is 22.5 Å². The van der Waals surface area contributed by atoms with E-state index >= 15 is 0 Å². The summed E-state index contributed by atoms with van der Waals surface area (Å²) in [6.07, 6.45) is 3.33. The topological polar surface area (TPSA) is 72.0 Å². The van der Waals surface area contributed by atoms with Crippen molar-refractivity contribution >= 4 is 56.5 Å². The Labute approximate surface area is 156 Å². The van der Waals surface area contributed by atoms with Crippen molar-refractivity contribution in [3.05, 3.63) is 38.7 Å². The van der Waals surface area contributed by atoms with E-state index in [0.717, 1.165) is 28.1 Å². The predicted molar refractivity (Wildman–Crippen MR) is 102 cm³/mol. The minimum atomic E-state index is -0.346. The van der Waals surface area contributed by atoms with Gasteiger partial charge in [0, 0.05) is 10.3 Å². The molecule has 0 aliphatic heterocycles. The Morgan fingerprint density at radius 1 is 1.32 bits per heavy atom. The van der Waals surface area contributed by atoms with Gasteiger partial charge < -0.3 is 0 Å². The molecular weight excluding hydrogens is 374 g/mol. The third kappa shape index (κ3) is 3.33. The lowest BCUT2D eigenvalue weighted by Gasteiger charge is -2.06. The molecule has 3 heterocycles. The summed E-state index contributed by atoms with van der Waals surface area (Å²) in [5.74, 6) is 0.221. The fraction of sp³-hybridized carbons (Fsp3) is 0.294. The van der Waals surface area contributed by atoms with E-state index in [0.29, 0.717) is 10.7 Å². The highest BCUT2D eigenvalue weighted by Crippen LogP contribution is 2.40. The van der Waals surface area contributed by atoms with E-state index in [1.807, 2.05) is 12.3 Å². The quantitative estimate of drug-likeness (QED) is 0.545. The second-order valence-corrected chi connectivity index (χ2v) is 8.75. The van der Waals surface area contributed by atoms with E-state index in [9.17, 15) is 9.59 Å². The third-order valence-electron chi connectivity index (χ3n) is 3.98. The normalized spacial score (nSPS) is 13.2. The minimum absolute atomic E-state index is 0.160. The number of amides is 2. The van der Waals surface area contributed by atoms with Crippen LogP contribution < -0.4 is 5.32 Å². The van der Waals surface area contributed by atoms with Gasteiger partial charge in [0.05, 0.1) is 10.6 Å². The van der Waals surface area contributed by atoms with Crippen molar-refractivity contribution in [1.82, 2.24) is 15.3 Å². The van der Waals surface area contributed by atoms with Crippen molar-refractivity contribution < 1.29 is 9.59 Å². The maximum absolute atomic E-state index is 12.1. The maximum atomic E-state index is 12.1. The van der Waals surface area contributed by atoms with Crippen molar-refractivity contribution in [2.45, 2.75) is 31.2 Å². The summed E-state index contributed by atoms with van der Waals surface area (Å²) < 4.78 is 0. The summed E-state index contributed by atoms with van der Waals surface area (Å²) in [6.45, 7) is 1.87. The number of thiophene rings is 2. The van der Waals surface area contributed by atoms with Crippen LogP contribution in [0, 0.1) is 6.92 Å². The molecule has 1 N–H and O–H groups in total. The molecule has 0 atom stereocenters. The van der Waals surface area contributed by atoms with Crippen molar-refractivity contribution in [3.63, 3.8) is 0 Å². The summed E-state index contributed by atoms with van der Waals surface area (Å²) >= 11 is 4.43. The number of rotatable bonds is 4. The monoisotopic (exact) mass is 389 g/mol. The zero-order valence-electron chi connectivity index (χ0n) is 13.5. The van der Waals surface area contributed by atoms with Crippen LogP contribution in [0.3, 0.4) is 0 Å². The third-order valence-corrected chi connectivity index (χ3v) is 7.01. The Morgan fingerprint density at radius 3 is 3.00 bits per heavy atom. The first-order chi connectivity index (χ1) is 12.1. The van der Waals surface area contributed by atoms with Gasteiger partial charge >= 0.3 is 0 Å². The Balaban J connectivity index is 1.51. The SMILES string of the molecule is Cc1nc(SCC(=O)NC(=O)c2cccs2)c2c3c(sc2n1)CCC3. The van der Waals surface area contributed by atoms with Crippen LogP contribution in [-0.4, -0.2) is 27.5 Å². The van der Waals surface area contributed by atoms with Crippen LogP contribution in [0.2, 0.25) is 0 Å². The number of imide groups is 1. The van der Waals surface area contributed by atoms with Crippen LogP contribution in [0.1, 0.15) is 32.4 Å². The van der Waals surface area contributed by atoms with Crippen LogP contribution in [0.4, 0.5) is 0 Å². The number of aromatic nitrogens is 2. The number of hydrogen-bond acceptors (Lipinski definition) is 7. The van der Waals surface area contributed by atoms with Crippen molar-refractivity contribution in [2.24, 2.45) is 0 Å². The second kappa shape index (κ2) is 6.86. The first-order valence-electron chi connectivity index (χ1n) is 7.91. The van der Waals surface area contributed by atoms with Crippen molar-refractivity contribution in [2.75, 3.05) is 5.75 Å². The molecule has 128 valence electrons. The van der Waals surface area contributed by atoms with Gasteiger partial charge in [-0.3, -0.25) is 14.9 Å². The zero-order chi connectivity index (χ0) is 17.4. The van der Waals surface area contributed by atoms with Crippen molar-refractivity contribution in [3.8, 4) is 0 Å². The lowest BCUT2D eigenvalue weighted by atomic mass is 10.2. The van der Waals surface area contributed by atoms with E-state index in [2.05, 4.69) is 15.3 Å². The smallest absolute Gasteiger partial charge is 0.267 e. The van der Waals surface area contributed by atoms with Gasteiger partial charge in [-0.2, -0.15) is 0 Å². The number of nitrogens with one attached hydrogen (secondary N) is 1. The predicted octanol–water partition coefficient (Wildman–Crippen LogP) is 3.60. The Morgan fingerprint density at radius 2 is 2.20 bits per heavy atom. The molecule has 0 bridgehead atoms. The van der Waals surface area contributed by atoms with Crippen molar-refractivity contribution in [1.29, 1.82) is 0 Å². The summed E-state index contributed by atoms with van der Waals surface area (Å²) in [5.41, 5.74) is 1.34. The van der Waals surface area contributed by atoms with E-state index in [-0.39, 0.29) is 17.6 Å². The summed E-state index contributed by atoms with van der Waals surface area (Å²) in [7, 11) is 0. The van der Waals surface area contributed by atoms with Crippen LogP contribution in [0.5, 0.6) is 0 Å². The fourth-order valence-electron chi connectivity index (χ4n) is 2.93. The highest BCUT2D eigenvalue weighted by Gasteiger charge is 2.22. The summed E-state index contributed by atoms with van der Waals surface area (Å²) in [4.78, 5) is 36.1. The Kier molecular flexibility index (Phi) is 4.58. The molecular formula is C17H15N3O2S3. The van der Waals surface area contributed by atoms with Gasteiger partial charge in [-0.05, 0) is 43.2 Å². The summed E-state index contributed by atoms with van der Waals surface area (Å²) in [5, 5.41) is 6.19. The number of carbonyl (C=O) groups is 2. The Hall–Kier alpha value is -1.77. The van der Waals surface area contributed by atoms with Gasteiger partial charge in [-0.1, -0.05) is 17.8 Å². The first kappa shape index (κ1) is 16.7.